The van der Waals surface area contributed by atoms with Crippen LogP contribution in [0.15, 0.2) is 0 Å². The Morgan fingerprint density at radius 2 is 1.95 bits per heavy atom. The molecule has 0 aromatic rings. The van der Waals surface area contributed by atoms with Gasteiger partial charge in [-0.25, -0.2) is 4.79 Å². The number of carbonyl (C=O) groups excluding carboxylic acids is 2. The Balaban J connectivity index is 4.88. The number of nitrogens with one attached hydrogen (secondary N) is 1. The Morgan fingerprint density at radius 1 is 1.35 bits per heavy atom. The van der Waals surface area contributed by atoms with Crippen molar-refractivity contribution in [2.75, 3.05) is 20.2 Å². The van der Waals surface area contributed by atoms with E-state index in [0.717, 1.165) is 0 Å². The first-order valence-corrected chi connectivity index (χ1v) is 6.88. The van der Waals surface area contributed by atoms with Crippen LogP contribution in [0.1, 0.15) is 34.1 Å². The zero-order valence-corrected chi connectivity index (χ0v) is 13.0. The average Bonchev–Trinajstić information content (AvgIpc) is 2.42. The SMILES string of the molecule is CCN(C[C@H](C)C#N)C(=O)[C@@H](CC(C)C)NC(=O)OC. The van der Waals surface area contributed by atoms with E-state index in [2.05, 4.69) is 16.1 Å². The van der Waals surface area contributed by atoms with Crippen LogP contribution in [0.2, 0.25) is 0 Å². The lowest BCUT2D eigenvalue weighted by Gasteiger charge is -2.28. The number of ether oxygens (including phenoxy) is 1. The topological polar surface area (TPSA) is 82.4 Å². The van der Waals surface area contributed by atoms with E-state index in [1.54, 1.807) is 11.8 Å². The molecule has 0 aliphatic heterocycles. The molecule has 114 valence electrons. The van der Waals surface area contributed by atoms with Crippen molar-refractivity contribution in [1.82, 2.24) is 10.2 Å². The van der Waals surface area contributed by atoms with Crippen molar-refractivity contribution in [2.24, 2.45) is 11.8 Å². The van der Waals surface area contributed by atoms with Crippen LogP contribution < -0.4 is 5.32 Å². The zero-order valence-electron chi connectivity index (χ0n) is 13.0. The predicted octanol–water partition coefficient (Wildman–Crippen LogP) is 1.77. The zero-order chi connectivity index (χ0) is 15.7. The highest BCUT2D eigenvalue weighted by atomic mass is 16.5. The molecule has 0 heterocycles. The molecule has 0 rings (SSSR count). The van der Waals surface area contributed by atoms with Gasteiger partial charge in [-0.15, -0.1) is 0 Å². The molecule has 0 saturated heterocycles. The van der Waals surface area contributed by atoms with Gasteiger partial charge in [-0.2, -0.15) is 5.26 Å². The fourth-order valence-corrected chi connectivity index (χ4v) is 1.86. The summed E-state index contributed by atoms with van der Waals surface area (Å²) < 4.78 is 4.55. The summed E-state index contributed by atoms with van der Waals surface area (Å²) in [5.41, 5.74) is 0. The summed E-state index contributed by atoms with van der Waals surface area (Å²) in [6.45, 7) is 8.44. The minimum Gasteiger partial charge on any atom is -0.453 e. The summed E-state index contributed by atoms with van der Waals surface area (Å²) >= 11 is 0. The molecule has 1 N–H and O–H groups in total. The molecule has 0 aliphatic carbocycles. The monoisotopic (exact) mass is 283 g/mol. The minimum atomic E-state index is -0.617. The van der Waals surface area contributed by atoms with Gasteiger partial charge < -0.3 is 15.0 Å². The molecule has 0 spiro atoms. The van der Waals surface area contributed by atoms with Crippen molar-refractivity contribution in [1.29, 1.82) is 5.26 Å². The van der Waals surface area contributed by atoms with Gasteiger partial charge in [0.1, 0.15) is 6.04 Å². The molecule has 0 bridgehead atoms. The molecule has 0 saturated carbocycles. The third-order valence-corrected chi connectivity index (χ3v) is 2.89. The highest BCUT2D eigenvalue weighted by molar-refractivity contribution is 5.85. The highest BCUT2D eigenvalue weighted by Crippen LogP contribution is 2.10. The molecule has 6 heteroatoms. The maximum absolute atomic E-state index is 12.5. The summed E-state index contributed by atoms with van der Waals surface area (Å²) in [6, 6.07) is 1.49. The van der Waals surface area contributed by atoms with Gasteiger partial charge in [-0.1, -0.05) is 13.8 Å². The summed E-state index contributed by atoms with van der Waals surface area (Å²) in [4.78, 5) is 25.4. The summed E-state index contributed by atoms with van der Waals surface area (Å²) in [7, 11) is 1.27. The second kappa shape index (κ2) is 9.18. The first kappa shape index (κ1) is 18.2. The summed E-state index contributed by atoms with van der Waals surface area (Å²) in [5.74, 6) is -0.154. The van der Waals surface area contributed by atoms with Crippen molar-refractivity contribution < 1.29 is 14.3 Å². The molecule has 0 unspecified atom stereocenters. The molecular weight excluding hydrogens is 258 g/mol. The Hall–Kier alpha value is -1.77. The molecule has 20 heavy (non-hydrogen) atoms. The number of alkyl carbamates (subject to hydrolysis) is 1. The average molecular weight is 283 g/mol. The van der Waals surface area contributed by atoms with E-state index in [0.29, 0.717) is 19.5 Å². The molecule has 2 atom stereocenters. The number of amides is 2. The molecule has 0 radical (unpaired) electrons. The van der Waals surface area contributed by atoms with Crippen molar-refractivity contribution >= 4 is 12.0 Å². The van der Waals surface area contributed by atoms with Gasteiger partial charge in [0.25, 0.3) is 0 Å². The number of hydrogen-bond donors (Lipinski definition) is 1. The van der Waals surface area contributed by atoms with Crippen LogP contribution in [0, 0.1) is 23.2 Å². The lowest BCUT2D eigenvalue weighted by Crippen LogP contribution is -2.50. The standard InChI is InChI=1S/C14H25N3O3/c1-6-17(9-11(4)8-15)13(18)12(7-10(2)3)16-14(19)20-5/h10-12H,6-7,9H2,1-5H3,(H,16,19)/t11-,12-/m1/s1. The largest absolute Gasteiger partial charge is 0.453 e. The summed E-state index contributed by atoms with van der Waals surface area (Å²) in [5, 5.41) is 11.4. The Bertz CT molecular complexity index is 363. The Kier molecular flexibility index (Phi) is 8.37. The van der Waals surface area contributed by atoms with Gasteiger partial charge >= 0.3 is 6.09 Å². The lowest BCUT2D eigenvalue weighted by atomic mass is 10.0. The number of rotatable bonds is 7. The fraction of sp³-hybridized carbons (Fsp3) is 0.786. The van der Waals surface area contributed by atoms with Gasteiger partial charge in [0.2, 0.25) is 5.91 Å². The second-order valence-electron chi connectivity index (χ2n) is 5.23. The predicted molar refractivity (Wildman–Crippen MR) is 75.8 cm³/mol. The van der Waals surface area contributed by atoms with Gasteiger partial charge in [-0.05, 0) is 26.2 Å². The molecule has 0 fully saturated rings. The van der Waals surface area contributed by atoms with E-state index >= 15 is 0 Å². The molecular formula is C14H25N3O3. The van der Waals surface area contributed by atoms with Crippen LogP contribution in [0.3, 0.4) is 0 Å². The number of nitriles is 1. The van der Waals surface area contributed by atoms with Crippen LogP contribution in [-0.4, -0.2) is 43.1 Å². The molecule has 2 amide bonds. The number of carbonyl (C=O) groups is 2. The van der Waals surface area contributed by atoms with Crippen molar-refractivity contribution in [2.45, 2.75) is 40.2 Å². The van der Waals surface area contributed by atoms with Crippen molar-refractivity contribution in [3.8, 4) is 6.07 Å². The Labute approximate surface area is 121 Å². The van der Waals surface area contributed by atoms with Gasteiger partial charge in [0.15, 0.2) is 0 Å². The van der Waals surface area contributed by atoms with Crippen LogP contribution in [-0.2, 0) is 9.53 Å². The molecule has 6 nitrogen and oxygen atoms in total. The number of nitrogens with zero attached hydrogens (tertiary/aromatic N) is 2. The molecule has 0 aromatic carbocycles. The minimum absolute atomic E-state index is 0.172. The normalized spacial score (nSPS) is 13.2. The summed E-state index contributed by atoms with van der Waals surface area (Å²) in [6.07, 6.45) is -0.0841. The van der Waals surface area contributed by atoms with Crippen molar-refractivity contribution in [3.63, 3.8) is 0 Å². The molecule has 0 aliphatic rings. The van der Waals surface area contributed by atoms with E-state index in [1.807, 2.05) is 20.8 Å². The molecule has 0 aromatic heterocycles. The Morgan fingerprint density at radius 3 is 2.35 bits per heavy atom. The first-order chi connectivity index (χ1) is 9.35. The van der Waals surface area contributed by atoms with Crippen LogP contribution in [0.5, 0.6) is 0 Å². The fourth-order valence-electron chi connectivity index (χ4n) is 1.86. The van der Waals surface area contributed by atoms with Crippen LogP contribution >= 0.6 is 0 Å². The van der Waals surface area contributed by atoms with E-state index in [9.17, 15) is 9.59 Å². The van der Waals surface area contributed by atoms with Gasteiger partial charge in [0, 0.05) is 13.1 Å². The second-order valence-corrected chi connectivity index (χ2v) is 5.23. The lowest BCUT2D eigenvalue weighted by molar-refractivity contribution is -0.133. The first-order valence-electron chi connectivity index (χ1n) is 6.88. The van der Waals surface area contributed by atoms with E-state index in [4.69, 9.17) is 5.26 Å². The van der Waals surface area contributed by atoms with E-state index < -0.39 is 12.1 Å². The van der Waals surface area contributed by atoms with Gasteiger partial charge in [-0.3, -0.25) is 4.79 Å². The third-order valence-electron chi connectivity index (χ3n) is 2.89. The smallest absolute Gasteiger partial charge is 0.407 e. The highest BCUT2D eigenvalue weighted by Gasteiger charge is 2.27. The maximum atomic E-state index is 12.5. The number of methoxy groups -OCH3 is 1. The van der Waals surface area contributed by atoms with E-state index in [-0.39, 0.29) is 17.7 Å². The number of hydrogen-bond acceptors (Lipinski definition) is 4. The quantitative estimate of drug-likeness (QED) is 0.772. The van der Waals surface area contributed by atoms with E-state index in [1.165, 1.54) is 7.11 Å². The van der Waals surface area contributed by atoms with Crippen LogP contribution in [0.25, 0.3) is 0 Å². The van der Waals surface area contributed by atoms with Gasteiger partial charge in [0.05, 0.1) is 19.1 Å². The third kappa shape index (κ3) is 6.41. The van der Waals surface area contributed by atoms with Crippen molar-refractivity contribution in [3.05, 3.63) is 0 Å². The maximum Gasteiger partial charge on any atom is 0.407 e. The number of likely N-dealkylation sites (N-methyl/N-ethyl adjacent to an activating group) is 1. The van der Waals surface area contributed by atoms with Crippen LogP contribution in [0.4, 0.5) is 4.79 Å².